The zero-order valence-corrected chi connectivity index (χ0v) is 11.1. The molecular formula is C11H17N3O3S. The van der Waals surface area contributed by atoms with Crippen molar-refractivity contribution in [2.75, 3.05) is 5.32 Å². The van der Waals surface area contributed by atoms with Gasteiger partial charge in [-0.3, -0.25) is 4.79 Å². The summed E-state index contributed by atoms with van der Waals surface area (Å²) >= 11 is 0. The Morgan fingerprint density at radius 2 is 2.06 bits per heavy atom. The minimum atomic E-state index is -3.79. The molecule has 1 unspecified atom stereocenters. The molecule has 0 spiro atoms. The fraction of sp³-hybridized carbons (Fsp3) is 0.364. The number of rotatable bonds is 4. The van der Waals surface area contributed by atoms with E-state index in [0.29, 0.717) is 11.3 Å². The van der Waals surface area contributed by atoms with E-state index in [-0.39, 0.29) is 23.3 Å². The van der Waals surface area contributed by atoms with Gasteiger partial charge in [0, 0.05) is 18.2 Å². The van der Waals surface area contributed by atoms with Gasteiger partial charge in [-0.15, -0.1) is 0 Å². The van der Waals surface area contributed by atoms with E-state index in [2.05, 4.69) is 5.32 Å². The van der Waals surface area contributed by atoms with E-state index in [9.17, 15) is 13.2 Å². The summed E-state index contributed by atoms with van der Waals surface area (Å²) < 4.78 is 22.6. The molecule has 0 radical (unpaired) electrons. The Kier molecular flexibility index (Phi) is 4.44. The van der Waals surface area contributed by atoms with Crippen LogP contribution in [0.25, 0.3) is 0 Å². The first-order chi connectivity index (χ1) is 8.20. The molecule has 1 amide bonds. The third-order valence-electron chi connectivity index (χ3n) is 2.29. The highest BCUT2D eigenvalue weighted by atomic mass is 32.2. The molecule has 1 aromatic rings. The van der Waals surface area contributed by atoms with E-state index in [0.717, 1.165) is 0 Å². The van der Waals surface area contributed by atoms with Gasteiger partial charge in [0.1, 0.15) is 0 Å². The van der Waals surface area contributed by atoms with Crippen LogP contribution in [-0.4, -0.2) is 20.4 Å². The highest BCUT2D eigenvalue weighted by molar-refractivity contribution is 7.89. The van der Waals surface area contributed by atoms with Crippen LogP contribution in [0.1, 0.15) is 18.9 Å². The predicted molar refractivity (Wildman–Crippen MR) is 69.4 cm³/mol. The van der Waals surface area contributed by atoms with E-state index < -0.39 is 10.0 Å². The first-order valence-electron chi connectivity index (χ1n) is 5.39. The van der Waals surface area contributed by atoms with Gasteiger partial charge in [0.2, 0.25) is 15.9 Å². The van der Waals surface area contributed by atoms with Crippen LogP contribution in [0.15, 0.2) is 23.1 Å². The standard InChI is InChI=1S/C11H17N3O3S/c1-7-3-4-9(6-10(7)18(13,16)17)14-11(15)5-8(2)12/h3-4,6,8H,5,12H2,1-2H3,(H,14,15)(H2,13,16,17). The van der Waals surface area contributed by atoms with Crippen molar-refractivity contribution in [3.05, 3.63) is 23.8 Å². The van der Waals surface area contributed by atoms with Crippen LogP contribution >= 0.6 is 0 Å². The van der Waals surface area contributed by atoms with Crippen LogP contribution in [0.2, 0.25) is 0 Å². The van der Waals surface area contributed by atoms with E-state index in [1.54, 1.807) is 26.0 Å². The van der Waals surface area contributed by atoms with Gasteiger partial charge in [-0.05, 0) is 31.5 Å². The summed E-state index contributed by atoms with van der Waals surface area (Å²) in [5.41, 5.74) is 6.41. The molecule has 0 aromatic heterocycles. The van der Waals surface area contributed by atoms with Crippen molar-refractivity contribution in [3.63, 3.8) is 0 Å². The third-order valence-corrected chi connectivity index (χ3v) is 3.34. The summed E-state index contributed by atoms with van der Waals surface area (Å²) in [6, 6.07) is 4.28. The molecule has 0 aliphatic rings. The van der Waals surface area contributed by atoms with E-state index in [1.807, 2.05) is 0 Å². The lowest BCUT2D eigenvalue weighted by atomic mass is 10.2. The molecule has 0 fully saturated rings. The molecule has 5 N–H and O–H groups in total. The van der Waals surface area contributed by atoms with E-state index in [1.165, 1.54) is 6.07 Å². The lowest BCUT2D eigenvalue weighted by Crippen LogP contribution is -2.24. The zero-order chi connectivity index (χ0) is 13.9. The second kappa shape index (κ2) is 5.47. The first kappa shape index (κ1) is 14.6. The second-order valence-corrected chi connectivity index (χ2v) is 5.78. The molecular weight excluding hydrogens is 254 g/mol. The SMILES string of the molecule is Cc1ccc(NC(=O)CC(C)N)cc1S(N)(=O)=O. The normalized spacial score (nSPS) is 13.1. The number of carbonyl (C=O) groups is 1. The maximum absolute atomic E-state index is 11.5. The summed E-state index contributed by atoms with van der Waals surface area (Å²) in [4.78, 5) is 11.5. The first-order valence-corrected chi connectivity index (χ1v) is 6.93. The molecule has 0 aliphatic heterocycles. The molecule has 18 heavy (non-hydrogen) atoms. The van der Waals surface area contributed by atoms with Gasteiger partial charge in [0.25, 0.3) is 0 Å². The van der Waals surface area contributed by atoms with E-state index >= 15 is 0 Å². The van der Waals surface area contributed by atoms with Crippen molar-refractivity contribution in [2.24, 2.45) is 10.9 Å². The average Bonchev–Trinajstić information content (AvgIpc) is 2.17. The summed E-state index contributed by atoms with van der Waals surface area (Å²) in [6.07, 6.45) is 0.165. The molecule has 1 rings (SSSR count). The van der Waals surface area contributed by atoms with Gasteiger partial charge in [0.15, 0.2) is 0 Å². The Hall–Kier alpha value is -1.44. The number of hydrogen-bond donors (Lipinski definition) is 3. The molecule has 0 bridgehead atoms. The van der Waals surface area contributed by atoms with Crippen LogP contribution in [0.3, 0.4) is 0 Å². The van der Waals surface area contributed by atoms with Crippen LogP contribution in [0.4, 0.5) is 5.69 Å². The molecule has 1 atom stereocenters. The molecule has 7 heteroatoms. The number of nitrogens with two attached hydrogens (primary N) is 2. The van der Waals surface area contributed by atoms with Crippen molar-refractivity contribution < 1.29 is 13.2 Å². The number of hydrogen-bond acceptors (Lipinski definition) is 4. The lowest BCUT2D eigenvalue weighted by Gasteiger charge is -2.10. The quantitative estimate of drug-likeness (QED) is 0.731. The highest BCUT2D eigenvalue weighted by Gasteiger charge is 2.13. The van der Waals surface area contributed by atoms with Crippen molar-refractivity contribution in [1.29, 1.82) is 0 Å². The van der Waals surface area contributed by atoms with Crippen molar-refractivity contribution in [3.8, 4) is 0 Å². The van der Waals surface area contributed by atoms with Gasteiger partial charge >= 0.3 is 0 Å². The Bertz CT molecular complexity index is 553. The Morgan fingerprint density at radius 3 is 2.56 bits per heavy atom. The van der Waals surface area contributed by atoms with Crippen molar-refractivity contribution in [1.82, 2.24) is 0 Å². The summed E-state index contributed by atoms with van der Waals surface area (Å²) in [6.45, 7) is 3.35. The Balaban J connectivity index is 2.96. The Morgan fingerprint density at radius 1 is 1.44 bits per heavy atom. The number of primary sulfonamides is 1. The summed E-state index contributed by atoms with van der Waals surface area (Å²) in [5, 5.41) is 7.65. The van der Waals surface area contributed by atoms with Gasteiger partial charge in [-0.1, -0.05) is 6.07 Å². The van der Waals surface area contributed by atoms with Crippen LogP contribution < -0.4 is 16.2 Å². The smallest absolute Gasteiger partial charge is 0.238 e. The van der Waals surface area contributed by atoms with Crippen LogP contribution in [0, 0.1) is 6.92 Å². The van der Waals surface area contributed by atoms with Crippen molar-refractivity contribution >= 4 is 21.6 Å². The topological polar surface area (TPSA) is 115 Å². The highest BCUT2D eigenvalue weighted by Crippen LogP contribution is 2.19. The molecule has 6 nitrogen and oxygen atoms in total. The molecule has 0 saturated heterocycles. The average molecular weight is 271 g/mol. The molecule has 0 saturated carbocycles. The molecule has 0 heterocycles. The summed E-state index contributed by atoms with van der Waals surface area (Å²) in [5.74, 6) is -0.269. The Labute approximate surface area is 106 Å². The van der Waals surface area contributed by atoms with Gasteiger partial charge in [-0.2, -0.15) is 0 Å². The summed E-state index contributed by atoms with van der Waals surface area (Å²) in [7, 11) is -3.79. The predicted octanol–water partition coefficient (Wildman–Crippen LogP) is 0.318. The van der Waals surface area contributed by atoms with E-state index in [4.69, 9.17) is 10.9 Å². The number of anilines is 1. The lowest BCUT2D eigenvalue weighted by molar-refractivity contribution is -0.116. The number of sulfonamides is 1. The van der Waals surface area contributed by atoms with Crippen LogP contribution in [-0.2, 0) is 14.8 Å². The number of benzene rings is 1. The number of carbonyl (C=O) groups excluding carboxylic acids is 1. The maximum atomic E-state index is 11.5. The third kappa shape index (κ3) is 4.10. The minimum absolute atomic E-state index is 0.00102. The molecule has 0 aliphatic carbocycles. The second-order valence-electron chi connectivity index (χ2n) is 4.25. The molecule has 100 valence electrons. The number of amides is 1. The number of aryl methyl sites for hydroxylation is 1. The van der Waals surface area contributed by atoms with Crippen LogP contribution in [0.5, 0.6) is 0 Å². The number of nitrogens with one attached hydrogen (secondary N) is 1. The monoisotopic (exact) mass is 271 g/mol. The van der Waals surface area contributed by atoms with Gasteiger partial charge in [-0.25, -0.2) is 13.6 Å². The maximum Gasteiger partial charge on any atom is 0.238 e. The fourth-order valence-electron chi connectivity index (χ4n) is 1.49. The minimum Gasteiger partial charge on any atom is -0.327 e. The van der Waals surface area contributed by atoms with Crippen molar-refractivity contribution in [2.45, 2.75) is 31.2 Å². The molecule has 1 aromatic carbocycles. The largest absolute Gasteiger partial charge is 0.327 e. The van der Waals surface area contributed by atoms with Gasteiger partial charge in [0.05, 0.1) is 4.90 Å². The zero-order valence-electron chi connectivity index (χ0n) is 10.3. The van der Waals surface area contributed by atoms with Gasteiger partial charge < -0.3 is 11.1 Å². The fourth-order valence-corrected chi connectivity index (χ4v) is 2.30.